The van der Waals surface area contributed by atoms with Crippen LogP contribution in [0.1, 0.15) is 37.3 Å². The maximum Gasteiger partial charge on any atom is 0.425 e. The summed E-state index contributed by atoms with van der Waals surface area (Å²) in [5.74, 6) is 0.354. The molecule has 1 N–H and O–H groups in total. The Hall–Kier alpha value is -2.34. The smallest absolute Gasteiger partial charge is 0.425 e. The molecule has 3 nitrogen and oxygen atoms in total. The average Bonchev–Trinajstić information content (AvgIpc) is 2.88. The average molecular weight is 364 g/mol. The van der Waals surface area contributed by atoms with Gasteiger partial charge in [-0.1, -0.05) is 37.3 Å². The zero-order valence-electron chi connectivity index (χ0n) is 14.3. The molecular weight excluding hydrogens is 345 g/mol. The van der Waals surface area contributed by atoms with Crippen LogP contribution >= 0.6 is 0 Å². The Morgan fingerprint density at radius 1 is 1.12 bits per heavy atom. The highest BCUT2D eigenvalue weighted by atomic mass is 19.4. The van der Waals surface area contributed by atoms with Crippen LogP contribution in [0.15, 0.2) is 42.5 Å². The fourth-order valence-electron chi connectivity index (χ4n) is 3.27. The summed E-state index contributed by atoms with van der Waals surface area (Å²) in [4.78, 5) is 11.3. The zero-order valence-corrected chi connectivity index (χ0v) is 14.3. The summed E-state index contributed by atoms with van der Waals surface area (Å²) in [6, 6.07) is 10.3. The lowest BCUT2D eigenvalue weighted by molar-refractivity contribution is -0.246. The Kier molecular flexibility index (Phi) is 4.80. The van der Waals surface area contributed by atoms with Gasteiger partial charge in [0.05, 0.1) is 6.61 Å². The Bertz CT molecular complexity index is 829. The molecule has 1 aliphatic carbocycles. The lowest BCUT2D eigenvalue weighted by Gasteiger charge is -2.28. The Balaban J connectivity index is 1.90. The van der Waals surface area contributed by atoms with Crippen LogP contribution in [0.2, 0.25) is 0 Å². The normalized spacial score (nSPS) is 18.3. The molecule has 0 amide bonds. The number of aliphatic hydroxyl groups is 1. The monoisotopic (exact) mass is 364 g/mol. The first-order valence-corrected chi connectivity index (χ1v) is 8.47. The third-order valence-electron chi connectivity index (χ3n) is 4.66. The molecule has 0 aromatic heterocycles. The molecule has 138 valence electrons. The van der Waals surface area contributed by atoms with Crippen LogP contribution < -0.4 is 4.74 Å². The molecule has 1 aliphatic rings. The minimum atomic E-state index is -4.86. The van der Waals surface area contributed by atoms with Crippen LogP contribution in [0.5, 0.6) is 5.75 Å². The first kappa shape index (κ1) is 18.5. The van der Waals surface area contributed by atoms with Crippen molar-refractivity contribution in [3.8, 4) is 16.9 Å². The lowest BCUT2D eigenvalue weighted by Crippen LogP contribution is -2.41. The zero-order chi connectivity index (χ0) is 18.9. The van der Waals surface area contributed by atoms with E-state index in [9.17, 15) is 23.1 Å². The Labute approximate surface area is 149 Å². The summed E-state index contributed by atoms with van der Waals surface area (Å²) in [7, 11) is 0. The van der Waals surface area contributed by atoms with Crippen LogP contribution in [0.3, 0.4) is 0 Å². The third-order valence-corrected chi connectivity index (χ3v) is 4.66. The van der Waals surface area contributed by atoms with E-state index in [-0.39, 0.29) is 29.3 Å². The molecule has 2 aromatic carbocycles. The van der Waals surface area contributed by atoms with Gasteiger partial charge in [-0.15, -0.1) is 0 Å². The number of hydrogen-bond acceptors (Lipinski definition) is 3. The van der Waals surface area contributed by atoms with Crippen LogP contribution in [-0.4, -0.2) is 23.7 Å². The van der Waals surface area contributed by atoms with Crippen LogP contribution in [0.4, 0.5) is 13.2 Å². The molecule has 0 heterocycles. The van der Waals surface area contributed by atoms with Crippen molar-refractivity contribution < 1.29 is 27.8 Å². The van der Waals surface area contributed by atoms with Crippen molar-refractivity contribution in [1.82, 2.24) is 0 Å². The minimum absolute atomic E-state index is 0.115. The molecule has 6 heteroatoms. The van der Waals surface area contributed by atoms with Gasteiger partial charge >= 0.3 is 6.18 Å². The fraction of sp³-hybridized carbons (Fsp3) is 0.350. The van der Waals surface area contributed by atoms with Crippen LogP contribution in [-0.2, 0) is 10.4 Å². The first-order chi connectivity index (χ1) is 12.3. The minimum Gasteiger partial charge on any atom is -0.494 e. The van der Waals surface area contributed by atoms with Crippen molar-refractivity contribution in [2.75, 3.05) is 6.61 Å². The van der Waals surface area contributed by atoms with E-state index in [1.54, 1.807) is 25.1 Å². The lowest BCUT2D eigenvalue weighted by atomic mass is 9.91. The second kappa shape index (κ2) is 6.76. The van der Waals surface area contributed by atoms with Crippen molar-refractivity contribution in [2.24, 2.45) is 0 Å². The summed E-state index contributed by atoms with van der Waals surface area (Å²) >= 11 is 0. The van der Waals surface area contributed by atoms with Gasteiger partial charge in [-0.3, -0.25) is 4.79 Å². The molecule has 2 aromatic rings. The molecule has 26 heavy (non-hydrogen) atoms. The molecule has 0 radical (unpaired) electrons. The summed E-state index contributed by atoms with van der Waals surface area (Å²) < 4.78 is 46.7. The molecule has 3 rings (SSSR count). The highest BCUT2D eigenvalue weighted by Crippen LogP contribution is 2.55. The van der Waals surface area contributed by atoms with E-state index in [1.807, 2.05) is 0 Å². The van der Waals surface area contributed by atoms with Gasteiger partial charge in [-0.2, -0.15) is 13.2 Å². The van der Waals surface area contributed by atoms with Gasteiger partial charge in [-0.25, -0.2) is 0 Å². The van der Waals surface area contributed by atoms with E-state index in [1.165, 1.54) is 24.3 Å². The maximum atomic E-state index is 13.7. The van der Waals surface area contributed by atoms with E-state index in [0.29, 0.717) is 30.4 Å². The van der Waals surface area contributed by atoms with Crippen molar-refractivity contribution in [3.05, 3.63) is 53.6 Å². The fourth-order valence-corrected chi connectivity index (χ4v) is 3.27. The second-order valence-corrected chi connectivity index (χ2v) is 6.31. The molecular formula is C20H19F3O3. The second-order valence-electron chi connectivity index (χ2n) is 6.31. The van der Waals surface area contributed by atoms with Gasteiger partial charge < -0.3 is 9.84 Å². The standard InChI is InChI=1S/C20H19F3O3/c1-2-13(24)6-5-11-26-14-9-10-16-15-7-3-4-8-17(15)19(25,18(16)12-14)20(21,22)23/h3-4,7-10,12,25H,2,5-6,11H2,1H3. The highest BCUT2D eigenvalue weighted by Gasteiger charge is 2.60. The van der Waals surface area contributed by atoms with E-state index in [4.69, 9.17) is 4.74 Å². The van der Waals surface area contributed by atoms with Crippen molar-refractivity contribution in [3.63, 3.8) is 0 Å². The van der Waals surface area contributed by atoms with E-state index in [2.05, 4.69) is 0 Å². The topological polar surface area (TPSA) is 46.5 Å². The first-order valence-electron chi connectivity index (χ1n) is 8.47. The van der Waals surface area contributed by atoms with Crippen LogP contribution in [0, 0.1) is 0 Å². The number of benzene rings is 2. The van der Waals surface area contributed by atoms with Gasteiger partial charge in [0.15, 0.2) is 0 Å². The van der Waals surface area contributed by atoms with Gasteiger partial charge in [-0.05, 0) is 29.7 Å². The highest BCUT2D eigenvalue weighted by molar-refractivity contribution is 5.81. The Morgan fingerprint density at radius 2 is 1.81 bits per heavy atom. The number of ether oxygens (including phenoxy) is 1. The van der Waals surface area contributed by atoms with Crippen LogP contribution in [0.25, 0.3) is 11.1 Å². The van der Waals surface area contributed by atoms with Gasteiger partial charge in [0.25, 0.3) is 0 Å². The van der Waals surface area contributed by atoms with Crippen molar-refractivity contribution in [1.29, 1.82) is 0 Å². The van der Waals surface area contributed by atoms with Gasteiger partial charge in [0.2, 0.25) is 5.60 Å². The largest absolute Gasteiger partial charge is 0.494 e. The molecule has 0 fully saturated rings. The summed E-state index contributed by atoms with van der Waals surface area (Å²) in [5.41, 5.74) is -2.76. The SMILES string of the molecule is CCC(=O)CCCOc1ccc2c(c1)C(O)(C(F)(F)F)c1ccccc1-2. The number of carbonyl (C=O) groups excluding carboxylic acids is 1. The predicted molar refractivity (Wildman–Crippen MR) is 91.0 cm³/mol. The van der Waals surface area contributed by atoms with E-state index < -0.39 is 11.8 Å². The molecule has 0 aliphatic heterocycles. The third kappa shape index (κ3) is 2.98. The number of fused-ring (bicyclic) bond motifs is 3. The molecule has 1 atom stereocenters. The number of Topliss-reactive ketones (excluding diaryl/α,β-unsaturated/α-hetero) is 1. The van der Waals surface area contributed by atoms with Gasteiger partial charge in [0.1, 0.15) is 11.5 Å². The number of ketones is 1. The maximum absolute atomic E-state index is 13.7. The number of halogens is 3. The number of rotatable bonds is 6. The summed E-state index contributed by atoms with van der Waals surface area (Å²) in [5, 5.41) is 10.6. The quantitative estimate of drug-likeness (QED) is 0.762. The van der Waals surface area contributed by atoms with Gasteiger partial charge in [0, 0.05) is 24.0 Å². The molecule has 0 bridgehead atoms. The number of carbonyl (C=O) groups is 1. The molecule has 0 saturated heterocycles. The summed E-state index contributed by atoms with van der Waals surface area (Å²) in [6.45, 7) is 2.00. The predicted octanol–water partition coefficient (Wildman–Crippen LogP) is 4.60. The van der Waals surface area contributed by atoms with Crippen molar-refractivity contribution in [2.45, 2.75) is 38.0 Å². The van der Waals surface area contributed by atoms with E-state index in [0.717, 1.165) is 0 Å². The molecule has 0 saturated carbocycles. The van der Waals surface area contributed by atoms with E-state index >= 15 is 0 Å². The number of hydrogen-bond donors (Lipinski definition) is 1. The Morgan fingerprint density at radius 3 is 2.50 bits per heavy atom. The molecule has 1 unspecified atom stereocenters. The number of alkyl halides is 3. The summed E-state index contributed by atoms with van der Waals surface area (Å²) in [6.07, 6.45) is -3.54. The van der Waals surface area contributed by atoms with Crippen molar-refractivity contribution >= 4 is 5.78 Å². The molecule has 0 spiro atoms.